The first-order valence-corrected chi connectivity index (χ1v) is 5.19. The van der Waals surface area contributed by atoms with E-state index in [1.807, 2.05) is 25.3 Å². The van der Waals surface area contributed by atoms with Gasteiger partial charge in [0.05, 0.1) is 13.7 Å². The predicted molar refractivity (Wildman–Crippen MR) is 67.6 cm³/mol. The molecule has 0 aliphatic carbocycles. The summed E-state index contributed by atoms with van der Waals surface area (Å²) in [7, 11) is 1.67. The second kappa shape index (κ2) is 5.75. The summed E-state index contributed by atoms with van der Waals surface area (Å²) < 4.78 is 10.9. The van der Waals surface area contributed by atoms with E-state index in [9.17, 15) is 0 Å². The van der Waals surface area contributed by atoms with Crippen LogP contribution in [0.25, 0.3) is 0 Å². The number of ether oxygens (including phenoxy) is 2. The Morgan fingerprint density at radius 2 is 2.19 bits per heavy atom. The maximum atomic E-state index is 5.64. The molecule has 1 aromatic rings. The average Bonchev–Trinajstić information content (AvgIpc) is 2.30. The number of methoxy groups -OCH3 is 1. The number of rotatable bonds is 3. The molecule has 1 heterocycles. The molecule has 1 aromatic carbocycles. The van der Waals surface area contributed by atoms with Crippen molar-refractivity contribution in [1.29, 1.82) is 0 Å². The summed E-state index contributed by atoms with van der Waals surface area (Å²) in [4.78, 5) is 4.25. The normalized spacial score (nSPS) is 12.6. The lowest BCUT2D eigenvalue weighted by atomic mass is 10.0. The van der Waals surface area contributed by atoms with Crippen molar-refractivity contribution < 1.29 is 9.47 Å². The van der Waals surface area contributed by atoms with Gasteiger partial charge in [0, 0.05) is 18.3 Å². The lowest BCUT2D eigenvalue weighted by Gasteiger charge is -2.17. The highest BCUT2D eigenvalue weighted by atomic mass is 35.5. The molecule has 0 aromatic heterocycles. The molecule has 0 fully saturated rings. The van der Waals surface area contributed by atoms with Gasteiger partial charge in [0.15, 0.2) is 11.5 Å². The van der Waals surface area contributed by atoms with Crippen LogP contribution in [-0.2, 0) is 6.42 Å². The Morgan fingerprint density at radius 3 is 2.88 bits per heavy atom. The molecular weight excluding hydrogens is 226 g/mol. The molecule has 0 saturated heterocycles. The van der Waals surface area contributed by atoms with Gasteiger partial charge in [-0.05, 0) is 31.0 Å². The predicted octanol–water partition coefficient (Wildman–Crippen LogP) is 2.49. The Balaban J connectivity index is 0.00000128. The summed E-state index contributed by atoms with van der Waals surface area (Å²) in [6.07, 6.45) is 2.83. The van der Waals surface area contributed by atoms with Gasteiger partial charge < -0.3 is 9.47 Å². The molecule has 0 unspecified atom stereocenters. The van der Waals surface area contributed by atoms with Crippen LogP contribution in [0.3, 0.4) is 0 Å². The first-order chi connectivity index (χ1) is 7.36. The van der Waals surface area contributed by atoms with Crippen molar-refractivity contribution in [2.24, 2.45) is 4.99 Å². The van der Waals surface area contributed by atoms with Crippen molar-refractivity contribution >= 4 is 18.6 Å². The van der Waals surface area contributed by atoms with Crippen LogP contribution in [0.4, 0.5) is 0 Å². The summed E-state index contributed by atoms with van der Waals surface area (Å²) in [5.41, 5.74) is 2.36. The zero-order valence-corrected chi connectivity index (χ0v) is 10.3. The van der Waals surface area contributed by atoms with Gasteiger partial charge >= 0.3 is 0 Å². The summed E-state index contributed by atoms with van der Waals surface area (Å²) in [6.45, 7) is 3.47. The zero-order valence-electron chi connectivity index (χ0n) is 9.53. The van der Waals surface area contributed by atoms with E-state index < -0.39 is 0 Å². The van der Waals surface area contributed by atoms with Crippen LogP contribution in [0, 0.1) is 0 Å². The molecule has 3 nitrogen and oxygen atoms in total. The van der Waals surface area contributed by atoms with Crippen LogP contribution in [0.5, 0.6) is 11.5 Å². The van der Waals surface area contributed by atoms with E-state index in [-0.39, 0.29) is 12.4 Å². The molecule has 4 heteroatoms. The number of hydrogen-bond donors (Lipinski definition) is 0. The van der Waals surface area contributed by atoms with Crippen molar-refractivity contribution in [1.82, 2.24) is 0 Å². The van der Waals surface area contributed by atoms with E-state index in [0.29, 0.717) is 6.61 Å². The topological polar surface area (TPSA) is 30.8 Å². The molecular formula is C12H16ClNO2. The van der Waals surface area contributed by atoms with Crippen molar-refractivity contribution in [3.8, 4) is 11.5 Å². The second-order valence-corrected chi connectivity index (χ2v) is 3.38. The molecule has 2 rings (SSSR count). The fraction of sp³-hybridized carbons (Fsp3) is 0.417. The standard InChI is InChI=1S/C12H15NO2.ClH/c1-3-15-12-10-6-7-13-8-9(10)4-5-11(12)14-2;/h4-5,8H,3,6-7H2,1-2H3;1H. The van der Waals surface area contributed by atoms with E-state index >= 15 is 0 Å². The minimum Gasteiger partial charge on any atom is -0.493 e. The van der Waals surface area contributed by atoms with Crippen LogP contribution in [-0.4, -0.2) is 26.5 Å². The molecule has 0 N–H and O–H groups in total. The molecule has 16 heavy (non-hydrogen) atoms. The van der Waals surface area contributed by atoms with Crippen molar-refractivity contribution in [2.75, 3.05) is 20.3 Å². The minimum absolute atomic E-state index is 0. The average molecular weight is 242 g/mol. The molecule has 1 aliphatic heterocycles. The lowest BCUT2D eigenvalue weighted by molar-refractivity contribution is 0.307. The summed E-state index contributed by atoms with van der Waals surface area (Å²) in [6, 6.07) is 3.96. The molecule has 1 aliphatic rings. The number of hydrogen-bond acceptors (Lipinski definition) is 3. The second-order valence-electron chi connectivity index (χ2n) is 3.38. The molecule has 88 valence electrons. The van der Waals surface area contributed by atoms with Crippen LogP contribution in [0.2, 0.25) is 0 Å². The quantitative estimate of drug-likeness (QED) is 0.814. The molecule has 0 atom stereocenters. The van der Waals surface area contributed by atoms with Gasteiger partial charge in [0.2, 0.25) is 0 Å². The van der Waals surface area contributed by atoms with E-state index in [0.717, 1.165) is 30.0 Å². The van der Waals surface area contributed by atoms with E-state index in [2.05, 4.69) is 4.99 Å². The first-order valence-electron chi connectivity index (χ1n) is 5.19. The van der Waals surface area contributed by atoms with Crippen LogP contribution < -0.4 is 9.47 Å². The van der Waals surface area contributed by atoms with Gasteiger partial charge in [-0.15, -0.1) is 12.4 Å². The molecule has 0 bridgehead atoms. The Morgan fingerprint density at radius 1 is 1.38 bits per heavy atom. The highest BCUT2D eigenvalue weighted by Gasteiger charge is 2.15. The van der Waals surface area contributed by atoms with Gasteiger partial charge in [-0.2, -0.15) is 0 Å². The lowest BCUT2D eigenvalue weighted by Crippen LogP contribution is -2.07. The fourth-order valence-electron chi connectivity index (χ4n) is 1.80. The number of fused-ring (bicyclic) bond motifs is 1. The third kappa shape index (κ3) is 2.30. The third-order valence-electron chi connectivity index (χ3n) is 2.49. The van der Waals surface area contributed by atoms with Crippen molar-refractivity contribution in [3.05, 3.63) is 23.3 Å². The maximum absolute atomic E-state index is 5.64. The maximum Gasteiger partial charge on any atom is 0.165 e. The number of aliphatic imine (C=N–C) groups is 1. The fourth-order valence-corrected chi connectivity index (χ4v) is 1.80. The number of halogens is 1. The smallest absolute Gasteiger partial charge is 0.165 e. The highest BCUT2D eigenvalue weighted by Crippen LogP contribution is 2.34. The van der Waals surface area contributed by atoms with Gasteiger partial charge in [-0.25, -0.2) is 0 Å². The van der Waals surface area contributed by atoms with Crippen LogP contribution >= 0.6 is 12.4 Å². The van der Waals surface area contributed by atoms with E-state index in [1.54, 1.807) is 7.11 Å². The molecule has 0 radical (unpaired) electrons. The highest BCUT2D eigenvalue weighted by molar-refractivity contribution is 5.85. The zero-order chi connectivity index (χ0) is 10.7. The SMILES string of the molecule is CCOc1c(OC)ccc2c1CCN=C2.Cl. The van der Waals surface area contributed by atoms with Gasteiger partial charge in [0.1, 0.15) is 0 Å². The molecule has 0 saturated carbocycles. The Labute approximate surface area is 102 Å². The van der Waals surface area contributed by atoms with Gasteiger partial charge in [-0.3, -0.25) is 4.99 Å². The van der Waals surface area contributed by atoms with Crippen molar-refractivity contribution in [2.45, 2.75) is 13.3 Å². The Hall–Kier alpha value is -1.22. The third-order valence-corrected chi connectivity index (χ3v) is 2.49. The summed E-state index contributed by atoms with van der Waals surface area (Å²) in [5, 5.41) is 0. The van der Waals surface area contributed by atoms with Crippen molar-refractivity contribution in [3.63, 3.8) is 0 Å². The van der Waals surface area contributed by atoms with E-state index in [1.165, 1.54) is 5.56 Å². The van der Waals surface area contributed by atoms with Crippen LogP contribution in [0.1, 0.15) is 18.1 Å². The molecule has 0 amide bonds. The van der Waals surface area contributed by atoms with Crippen LogP contribution in [0.15, 0.2) is 17.1 Å². The monoisotopic (exact) mass is 241 g/mol. The Bertz CT molecular complexity index is 391. The largest absolute Gasteiger partial charge is 0.493 e. The first kappa shape index (κ1) is 12.8. The van der Waals surface area contributed by atoms with Gasteiger partial charge in [0.25, 0.3) is 0 Å². The minimum atomic E-state index is 0. The van der Waals surface area contributed by atoms with Gasteiger partial charge in [-0.1, -0.05) is 0 Å². The van der Waals surface area contributed by atoms with E-state index in [4.69, 9.17) is 9.47 Å². The summed E-state index contributed by atoms with van der Waals surface area (Å²) in [5.74, 6) is 1.69. The number of nitrogens with zero attached hydrogens (tertiary/aromatic N) is 1. The number of benzene rings is 1. The molecule has 0 spiro atoms. The Kier molecular flexibility index (Phi) is 4.62. The summed E-state index contributed by atoms with van der Waals surface area (Å²) >= 11 is 0.